The van der Waals surface area contributed by atoms with Crippen molar-refractivity contribution in [3.05, 3.63) is 34.3 Å². The zero-order valence-corrected chi connectivity index (χ0v) is 15.2. The number of carbonyl (C=O) groups is 2. The summed E-state index contributed by atoms with van der Waals surface area (Å²) in [5.41, 5.74) is 0.0889. The van der Waals surface area contributed by atoms with E-state index in [1.165, 1.54) is 0 Å². The van der Waals surface area contributed by atoms with Gasteiger partial charge in [-0.3, -0.25) is 4.79 Å². The number of hydrogen-bond donors (Lipinski definition) is 1. The number of nitrogens with zero attached hydrogens (tertiary/aromatic N) is 1. The van der Waals surface area contributed by atoms with Crippen molar-refractivity contribution in [2.75, 3.05) is 6.54 Å². The summed E-state index contributed by atoms with van der Waals surface area (Å²) < 4.78 is 6.25. The molecule has 0 saturated carbocycles. The van der Waals surface area contributed by atoms with Crippen molar-refractivity contribution < 1.29 is 19.4 Å². The van der Waals surface area contributed by atoms with Crippen molar-refractivity contribution in [3.8, 4) is 0 Å². The minimum atomic E-state index is -0.927. The Morgan fingerprint density at radius 1 is 1.39 bits per heavy atom. The molecule has 1 fully saturated rings. The maximum Gasteiger partial charge on any atom is 0.410 e. The van der Waals surface area contributed by atoms with Crippen LogP contribution in [0.3, 0.4) is 0 Å². The van der Waals surface area contributed by atoms with Gasteiger partial charge in [0.15, 0.2) is 0 Å². The molecule has 1 aliphatic rings. The van der Waals surface area contributed by atoms with Gasteiger partial charge in [0.05, 0.1) is 6.04 Å². The number of halogens is 1. The first-order valence-electron chi connectivity index (χ1n) is 7.67. The van der Waals surface area contributed by atoms with Gasteiger partial charge in [-0.25, -0.2) is 4.79 Å². The Morgan fingerprint density at radius 2 is 2.09 bits per heavy atom. The molecular formula is C17H22BrNO4. The van der Waals surface area contributed by atoms with Crippen molar-refractivity contribution in [1.29, 1.82) is 0 Å². The van der Waals surface area contributed by atoms with Crippen LogP contribution in [0, 0.1) is 0 Å². The molecule has 1 aromatic carbocycles. The maximum atomic E-state index is 12.4. The Hall–Kier alpha value is -1.56. The highest BCUT2D eigenvalue weighted by molar-refractivity contribution is 9.10. The molecule has 0 unspecified atom stereocenters. The van der Waals surface area contributed by atoms with Crippen molar-refractivity contribution in [2.45, 2.75) is 51.2 Å². The van der Waals surface area contributed by atoms with Crippen LogP contribution in [0.15, 0.2) is 28.7 Å². The monoisotopic (exact) mass is 383 g/mol. The number of rotatable bonds is 3. The zero-order chi connectivity index (χ0) is 17.2. The third-order valence-electron chi connectivity index (χ3n) is 3.79. The van der Waals surface area contributed by atoms with Gasteiger partial charge in [-0.05, 0) is 51.3 Å². The Labute approximate surface area is 144 Å². The van der Waals surface area contributed by atoms with Gasteiger partial charge < -0.3 is 14.7 Å². The number of carboxylic acid groups (broad SMARTS) is 1. The molecule has 23 heavy (non-hydrogen) atoms. The lowest BCUT2D eigenvalue weighted by molar-refractivity contribution is -0.140. The number of carbonyl (C=O) groups excluding carboxylic acids is 1. The predicted octanol–water partition coefficient (Wildman–Crippen LogP) is 4.02. The molecule has 0 radical (unpaired) electrons. The van der Waals surface area contributed by atoms with Crippen LogP contribution in [0.5, 0.6) is 0 Å². The molecule has 5 nitrogen and oxygen atoms in total. The average Bonchev–Trinajstić information content (AvgIpc) is 2.85. The van der Waals surface area contributed by atoms with Crippen LogP contribution in [0.1, 0.15) is 45.1 Å². The van der Waals surface area contributed by atoms with Crippen molar-refractivity contribution >= 4 is 28.0 Å². The molecule has 1 N–H and O–H groups in total. The lowest BCUT2D eigenvalue weighted by Crippen LogP contribution is -2.44. The Kier molecular flexibility index (Phi) is 5.34. The summed E-state index contributed by atoms with van der Waals surface area (Å²) in [4.78, 5) is 25.8. The molecule has 2 atom stereocenters. The van der Waals surface area contributed by atoms with E-state index < -0.39 is 29.6 Å². The lowest BCUT2D eigenvalue weighted by atomic mass is 9.90. The quantitative estimate of drug-likeness (QED) is 0.855. The van der Waals surface area contributed by atoms with E-state index in [0.717, 1.165) is 10.9 Å². The molecule has 2 rings (SSSR count). The lowest BCUT2D eigenvalue weighted by Gasteiger charge is -2.31. The van der Waals surface area contributed by atoms with E-state index in [9.17, 15) is 14.7 Å². The van der Waals surface area contributed by atoms with Gasteiger partial charge in [0, 0.05) is 11.0 Å². The van der Waals surface area contributed by atoms with Gasteiger partial charge in [-0.15, -0.1) is 0 Å². The Bertz CT molecular complexity index is 597. The van der Waals surface area contributed by atoms with Crippen molar-refractivity contribution in [1.82, 2.24) is 4.90 Å². The van der Waals surface area contributed by atoms with E-state index in [4.69, 9.17) is 4.74 Å². The summed E-state index contributed by atoms with van der Waals surface area (Å²) in [7, 11) is 0. The predicted molar refractivity (Wildman–Crippen MR) is 90.5 cm³/mol. The second-order valence-corrected chi connectivity index (χ2v) is 7.67. The number of ether oxygens (including phenoxy) is 1. The molecule has 0 aliphatic carbocycles. The molecule has 6 heteroatoms. The normalized spacial score (nSPS) is 19.5. The third kappa shape index (κ3) is 4.47. The third-order valence-corrected chi connectivity index (χ3v) is 4.28. The number of benzene rings is 1. The molecule has 1 heterocycles. The minimum absolute atomic E-state index is 0.392. The minimum Gasteiger partial charge on any atom is -0.481 e. The van der Waals surface area contributed by atoms with E-state index in [-0.39, 0.29) is 0 Å². The van der Waals surface area contributed by atoms with E-state index in [1.54, 1.807) is 37.8 Å². The summed E-state index contributed by atoms with van der Waals surface area (Å²) in [6, 6.07) is 6.85. The number of hydrogen-bond acceptors (Lipinski definition) is 3. The van der Waals surface area contributed by atoms with E-state index >= 15 is 0 Å². The average molecular weight is 384 g/mol. The first kappa shape index (κ1) is 17.8. The van der Waals surface area contributed by atoms with Gasteiger partial charge in [-0.2, -0.15) is 0 Å². The van der Waals surface area contributed by atoms with Crippen LogP contribution in [0.4, 0.5) is 4.79 Å². The van der Waals surface area contributed by atoms with Gasteiger partial charge >= 0.3 is 12.1 Å². The molecule has 1 aliphatic heterocycles. The summed E-state index contributed by atoms with van der Waals surface area (Å²) in [5, 5.41) is 9.72. The SMILES string of the molecule is CC(C)(C)OC(=O)N1CCC[C@@H]1[C@@H](C(=O)O)c1cccc(Br)c1. The number of carboxylic acids is 1. The highest BCUT2D eigenvalue weighted by Gasteiger charge is 2.41. The van der Waals surface area contributed by atoms with Crippen LogP contribution in [-0.4, -0.2) is 40.3 Å². The van der Waals surface area contributed by atoms with Crippen LogP contribution in [0.2, 0.25) is 0 Å². The van der Waals surface area contributed by atoms with Gasteiger partial charge in [0.25, 0.3) is 0 Å². The van der Waals surface area contributed by atoms with Crippen LogP contribution in [0.25, 0.3) is 0 Å². The summed E-state index contributed by atoms with van der Waals surface area (Å²) in [6.45, 7) is 5.94. The van der Waals surface area contributed by atoms with E-state index in [1.807, 2.05) is 12.1 Å². The first-order valence-corrected chi connectivity index (χ1v) is 8.46. The fourth-order valence-electron chi connectivity index (χ4n) is 2.92. The highest BCUT2D eigenvalue weighted by atomic mass is 79.9. The Balaban J connectivity index is 2.28. The summed E-state index contributed by atoms with van der Waals surface area (Å²) in [6.07, 6.45) is 0.992. The van der Waals surface area contributed by atoms with E-state index in [2.05, 4.69) is 15.9 Å². The van der Waals surface area contributed by atoms with Crippen LogP contribution >= 0.6 is 15.9 Å². The topological polar surface area (TPSA) is 66.8 Å². The standard InChI is InChI=1S/C17H22BrNO4/c1-17(2,3)23-16(22)19-9-5-8-13(19)14(15(20)21)11-6-4-7-12(18)10-11/h4,6-7,10,13-14H,5,8-9H2,1-3H3,(H,20,21)/t13-,14+/m1/s1. The smallest absolute Gasteiger partial charge is 0.410 e. The number of aliphatic carboxylic acids is 1. The molecule has 0 spiro atoms. The first-order chi connectivity index (χ1) is 10.7. The largest absolute Gasteiger partial charge is 0.481 e. The van der Waals surface area contributed by atoms with Crippen LogP contribution < -0.4 is 0 Å². The van der Waals surface area contributed by atoms with Gasteiger partial charge in [0.1, 0.15) is 11.5 Å². The molecule has 1 saturated heterocycles. The molecule has 126 valence electrons. The number of likely N-dealkylation sites (tertiary alicyclic amines) is 1. The highest BCUT2D eigenvalue weighted by Crippen LogP contribution is 2.33. The molecule has 0 aromatic heterocycles. The molecular weight excluding hydrogens is 362 g/mol. The fourth-order valence-corrected chi connectivity index (χ4v) is 3.33. The van der Waals surface area contributed by atoms with Crippen LogP contribution in [-0.2, 0) is 9.53 Å². The van der Waals surface area contributed by atoms with Gasteiger partial charge in [0.2, 0.25) is 0 Å². The second-order valence-electron chi connectivity index (χ2n) is 6.75. The molecule has 0 bridgehead atoms. The van der Waals surface area contributed by atoms with Crippen molar-refractivity contribution in [3.63, 3.8) is 0 Å². The Morgan fingerprint density at radius 3 is 2.65 bits per heavy atom. The molecule has 1 aromatic rings. The molecule has 1 amide bonds. The van der Waals surface area contributed by atoms with Crippen molar-refractivity contribution in [2.24, 2.45) is 0 Å². The second kappa shape index (κ2) is 6.91. The zero-order valence-electron chi connectivity index (χ0n) is 13.6. The summed E-state index contributed by atoms with van der Waals surface area (Å²) in [5.74, 6) is -1.69. The fraction of sp³-hybridized carbons (Fsp3) is 0.529. The summed E-state index contributed by atoms with van der Waals surface area (Å²) >= 11 is 3.37. The van der Waals surface area contributed by atoms with Gasteiger partial charge in [-0.1, -0.05) is 28.1 Å². The number of amides is 1. The maximum absolute atomic E-state index is 12.4. The van der Waals surface area contributed by atoms with E-state index in [0.29, 0.717) is 18.5 Å².